The number of aliphatic hydroxyl groups excluding tert-OH is 1. The normalized spacial score (nSPS) is 14.5. The highest BCUT2D eigenvalue weighted by molar-refractivity contribution is 7.47. The molecule has 87 heavy (non-hydrogen) atoms. The molecule has 0 fully saturated rings. The number of phosphoric ester groups is 2. The lowest BCUT2D eigenvalue weighted by atomic mass is 9.99. The van der Waals surface area contributed by atoms with Crippen LogP contribution in [-0.4, -0.2) is 96.7 Å². The van der Waals surface area contributed by atoms with Crippen molar-refractivity contribution in [1.29, 1.82) is 0 Å². The van der Waals surface area contributed by atoms with E-state index in [1.165, 1.54) is 154 Å². The smallest absolute Gasteiger partial charge is 0.462 e. The summed E-state index contributed by atoms with van der Waals surface area (Å²) in [6.07, 6.45) is 45.2. The van der Waals surface area contributed by atoms with Crippen molar-refractivity contribution in [3.05, 3.63) is 0 Å². The van der Waals surface area contributed by atoms with Crippen molar-refractivity contribution in [3.8, 4) is 0 Å². The van der Waals surface area contributed by atoms with Crippen LogP contribution in [0.1, 0.15) is 343 Å². The number of carbonyl (C=O) groups is 4. The second-order valence-corrected chi connectivity index (χ2v) is 28.2. The first kappa shape index (κ1) is 85.1. The first-order valence-corrected chi connectivity index (χ1v) is 38.5. The number of unbranched alkanes of at least 4 members (excludes halogenated alkanes) is 36. The fourth-order valence-electron chi connectivity index (χ4n) is 10.2. The van der Waals surface area contributed by atoms with Gasteiger partial charge >= 0.3 is 39.5 Å². The molecular weight excluding hydrogens is 1150 g/mol. The Bertz CT molecular complexity index is 1700. The molecule has 0 saturated heterocycles. The molecule has 0 aliphatic rings. The van der Waals surface area contributed by atoms with Gasteiger partial charge in [-0.3, -0.25) is 37.3 Å². The van der Waals surface area contributed by atoms with Gasteiger partial charge in [0.05, 0.1) is 26.4 Å². The van der Waals surface area contributed by atoms with Crippen molar-refractivity contribution in [2.75, 3.05) is 39.6 Å². The van der Waals surface area contributed by atoms with Gasteiger partial charge in [0, 0.05) is 25.7 Å². The number of ether oxygens (including phenoxy) is 4. The second kappa shape index (κ2) is 60.3. The molecule has 0 saturated carbocycles. The van der Waals surface area contributed by atoms with Crippen molar-refractivity contribution in [2.24, 2.45) is 11.8 Å². The van der Waals surface area contributed by atoms with E-state index in [0.29, 0.717) is 31.6 Å². The Morgan fingerprint density at radius 2 is 0.586 bits per heavy atom. The Hall–Kier alpha value is -1.94. The van der Waals surface area contributed by atoms with E-state index in [9.17, 15) is 43.2 Å². The lowest BCUT2D eigenvalue weighted by Crippen LogP contribution is -2.30. The van der Waals surface area contributed by atoms with Crippen molar-refractivity contribution >= 4 is 39.5 Å². The average Bonchev–Trinajstić information content (AvgIpc) is 3.69. The van der Waals surface area contributed by atoms with Gasteiger partial charge in [0.1, 0.15) is 19.3 Å². The molecule has 0 aromatic carbocycles. The van der Waals surface area contributed by atoms with Crippen LogP contribution < -0.4 is 0 Å². The van der Waals surface area contributed by atoms with Gasteiger partial charge in [-0.05, 0) is 37.5 Å². The second-order valence-electron chi connectivity index (χ2n) is 25.3. The number of rotatable bonds is 67. The first-order valence-electron chi connectivity index (χ1n) is 35.5. The Balaban J connectivity index is 5.10. The number of esters is 4. The number of hydrogen-bond donors (Lipinski definition) is 3. The zero-order valence-electron chi connectivity index (χ0n) is 56.3. The van der Waals surface area contributed by atoms with Crippen LogP contribution in [0.4, 0.5) is 0 Å². The maximum atomic E-state index is 13.0. The minimum atomic E-state index is -4.95. The molecule has 19 heteroatoms. The van der Waals surface area contributed by atoms with Crippen molar-refractivity contribution in [1.82, 2.24) is 0 Å². The van der Waals surface area contributed by atoms with E-state index < -0.39 is 97.5 Å². The van der Waals surface area contributed by atoms with Gasteiger partial charge in [0.25, 0.3) is 0 Å². The Kier molecular flexibility index (Phi) is 59.0. The van der Waals surface area contributed by atoms with Crippen LogP contribution >= 0.6 is 15.6 Å². The molecule has 3 N–H and O–H groups in total. The third-order valence-electron chi connectivity index (χ3n) is 16.1. The lowest BCUT2D eigenvalue weighted by molar-refractivity contribution is -0.161. The summed E-state index contributed by atoms with van der Waals surface area (Å²) in [5.74, 6) is -0.698. The summed E-state index contributed by atoms with van der Waals surface area (Å²) >= 11 is 0. The third-order valence-corrected chi connectivity index (χ3v) is 18.0. The minimum absolute atomic E-state index is 0.101. The van der Waals surface area contributed by atoms with Crippen LogP contribution in [-0.2, 0) is 65.4 Å². The van der Waals surface area contributed by atoms with Crippen LogP contribution in [0.3, 0.4) is 0 Å². The maximum Gasteiger partial charge on any atom is 0.472 e. The Morgan fingerprint density at radius 1 is 0.333 bits per heavy atom. The van der Waals surface area contributed by atoms with Crippen molar-refractivity contribution in [3.63, 3.8) is 0 Å². The van der Waals surface area contributed by atoms with Crippen molar-refractivity contribution in [2.45, 2.75) is 362 Å². The molecule has 0 aromatic rings. The lowest BCUT2D eigenvalue weighted by Gasteiger charge is -2.21. The molecule has 0 aliphatic carbocycles. The summed E-state index contributed by atoms with van der Waals surface area (Å²) in [5.41, 5.74) is 0. The number of hydrogen-bond acceptors (Lipinski definition) is 15. The van der Waals surface area contributed by atoms with Gasteiger partial charge in [0.15, 0.2) is 12.2 Å². The topological polar surface area (TPSA) is 237 Å². The van der Waals surface area contributed by atoms with E-state index in [-0.39, 0.29) is 25.7 Å². The number of phosphoric acid groups is 2. The monoisotopic (exact) mass is 1280 g/mol. The average molecular weight is 1280 g/mol. The summed E-state index contributed by atoms with van der Waals surface area (Å²) in [6, 6.07) is 0. The molecule has 0 aliphatic heterocycles. The van der Waals surface area contributed by atoms with Gasteiger partial charge in [-0.15, -0.1) is 0 Å². The summed E-state index contributed by atoms with van der Waals surface area (Å²) < 4.78 is 67.9. The molecule has 6 atom stereocenters. The van der Waals surface area contributed by atoms with Crippen LogP contribution in [0.5, 0.6) is 0 Å². The van der Waals surface area contributed by atoms with E-state index in [4.69, 9.17) is 37.0 Å². The summed E-state index contributed by atoms with van der Waals surface area (Å²) in [5, 5.41) is 10.5. The predicted molar refractivity (Wildman–Crippen MR) is 349 cm³/mol. The zero-order valence-corrected chi connectivity index (χ0v) is 58.1. The van der Waals surface area contributed by atoms with Crippen LogP contribution in [0.2, 0.25) is 0 Å². The molecule has 0 heterocycles. The van der Waals surface area contributed by atoms with Gasteiger partial charge in [-0.1, -0.05) is 292 Å². The summed E-state index contributed by atoms with van der Waals surface area (Å²) in [4.78, 5) is 72.1. The quantitative estimate of drug-likeness (QED) is 0.0222. The fraction of sp³-hybridized carbons (Fsp3) is 0.941. The van der Waals surface area contributed by atoms with E-state index in [1.807, 2.05) is 0 Å². The summed E-state index contributed by atoms with van der Waals surface area (Å²) in [7, 11) is -9.88. The SMILES string of the molecule is CCCCCCCCCCCCCCCCCCCCCCCC(=O)O[C@H](COC(=O)CCCCCCCCCCC(C)CC)COP(=O)(O)OC[C@@H](O)COP(=O)(O)OC[C@@H](COC(=O)CCCCCCC)OC(=O)CCCCCCCCC(C)C. The largest absolute Gasteiger partial charge is 0.472 e. The van der Waals surface area contributed by atoms with Gasteiger partial charge in [-0.2, -0.15) is 0 Å². The molecule has 0 bridgehead atoms. The molecule has 0 rings (SSSR count). The van der Waals surface area contributed by atoms with E-state index in [0.717, 1.165) is 102 Å². The van der Waals surface area contributed by atoms with Gasteiger partial charge in [0.2, 0.25) is 0 Å². The highest BCUT2D eigenvalue weighted by atomic mass is 31.2. The van der Waals surface area contributed by atoms with Gasteiger partial charge in [-0.25, -0.2) is 9.13 Å². The highest BCUT2D eigenvalue weighted by Crippen LogP contribution is 2.45. The maximum absolute atomic E-state index is 13.0. The standard InChI is InChI=1S/C68H132O17P2/c1-7-10-12-14-15-16-17-18-19-20-21-22-23-24-25-26-27-28-33-40-46-52-67(72)84-64(57-79-66(71)51-45-39-32-30-29-31-38-43-49-61(6)9-3)59-83-87(76,77)81-55-62(69)54-80-86(74,75)82-58-63(56-78-65(70)50-44-36-13-11-8-2)85-68(73)53-47-41-35-34-37-42-48-60(4)5/h60-64,69H,7-59H2,1-6H3,(H,74,75)(H,76,77)/t61?,62-,63+,64+/m0/s1. The summed E-state index contributed by atoms with van der Waals surface area (Å²) in [6.45, 7) is 9.34. The zero-order chi connectivity index (χ0) is 64.3. The molecule has 0 radical (unpaired) electrons. The predicted octanol–water partition coefficient (Wildman–Crippen LogP) is 19.2. The van der Waals surface area contributed by atoms with Crippen LogP contribution in [0.25, 0.3) is 0 Å². The van der Waals surface area contributed by atoms with Crippen LogP contribution in [0.15, 0.2) is 0 Å². The first-order chi connectivity index (χ1) is 41.9. The number of carbonyl (C=O) groups excluding carboxylic acids is 4. The van der Waals surface area contributed by atoms with Gasteiger partial charge < -0.3 is 33.8 Å². The van der Waals surface area contributed by atoms with E-state index in [2.05, 4.69) is 41.5 Å². The molecule has 516 valence electrons. The highest BCUT2D eigenvalue weighted by Gasteiger charge is 2.30. The minimum Gasteiger partial charge on any atom is -0.462 e. The Labute approximate surface area is 530 Å². The van der Waals surface area contributed by atoms with E-state index in [1.54, 1.807) is 0 Å². The van der Waals surface area contributed by atoms with E-state index >= 15 is 0 Å². The third kappa shape index (κ3) is 61.3. The molecule has 0 spiro atoms. The fourth-order valence-corrected chi connectivity index (χ4v) is 11.8. The molecule has 0 amide bonds. The molecule has 0 aromatic heterocycles. The number of aliphatic hydroxyl groups is 1. The van der Waals surface area contributed by atoms with Crippen LogP contribution in [0, 0.1) is 11.8 Å². The molecule has 3 unspecified atom stereocenters. The molecule has 17 nitrogen and oxygen atoms in total. The Morgan fingerprint density at radius 3 is 0.874 bits per heavy atom. The molecular formula is C68H132O17P2. The van der Waals surface area contributed by atoms with Crippen molar-refractivity contribution < 1.29 is 80.2 Å².